The highest BCUT2D eigenvalue weighted by Gasteiger charge is 2.68. The van der Waals surface area contributed by atoms with Crippen LogP contribution in [0.15, 0.2) is 11.6 Å². The van der Waals surface area contributed by atoms with Gasteiger partial charge in [-0.1, -0.05) is 33.3 Å². The van der Waals surface area contributed by atoms with E-state index in [2.05, 4.69) is 17.6 Å². The van der Waals surface area contributed by atoms with Gasteiger partial charge < -0.3 is 30.7 Å². The van der Waals surface area contributed by atoms with Crippen LogP contribution in [-0.2, 0) is 33.5 Å². The number of aliphatic carboxylic acids is 1. The highest BCUT2D eigenvalue weighted by molar-refractivity contribution is 5.93. The number of amides is 2. The molecule has 12 heteroatoms. The Kier molecular flexibility index (Phi) is 9.99. The molecule has 9 atom stereocenters. The fourth-order valence-electron chi connectivity index (χ4n) is 8.85. The van der Waals surface area contributed by atoms with Crippen LogP contribution in [0.4, 0.5) is 0 Å². The Labute approximate surface area is 263 Å². The van der Waals surface area contributed by atoms with Crippen LogP contribution >= 0.6 is 0 Å². The zero-order valence-corrected chi connectivity index (χ0v) is 26.9. The van der Waals surface area contributed by atoms with E-state index < -0.39 is 65.3 Å². The lowest BCUT2D eigenvalue weighted by molar-refractivity contribution is -0.184. The van der Waals surface area contributed by atoms with Gasteiger partial charge in [-0.3, -0.25) is 28.8 Å². The number of carbonyl (C=O) groups excluding carboxylic acids is 5. The van der Waals surface area contributed by atoms with Crippen molar-refractivity contribution < 1.29 is 48.8 Å². The zero-order valence-electron chi connectivity index (χ0n) is 26.9. The SMILES string of the molecule is CC(C)[C@H](NC(=O)CCC(=O)OCC(=O)[C@@]1(O)CC[C@H]2[C@@H]3CCC4=CC(=O)CC[C@]4(C)[C@H]3[C@@H](O)C[C@@]21C)C(=O)N[C@H](C)C(=O)O. The Balaban J connectivity index is 1.33. The van der Waals surface area contributed by atoms with Crippen LogP contribution in [0.3, 0.4) is 0 Å². The molecule has 0 radical (unpaired) electrons. The van der Waals surface area contributed by atoms with Crippen molar-refractivity contribution in [3.05, 3.63) is 11.6 Å². The van der Waals surface area contributed by atoms with Crippen molar-refractivity contribution in [1.82, 2.24) is 10.6 Å². The number of aliphatic hydroxyl groups is 2. The highest BCUT2D eigenvalue weighted by atomic mass is 16.5. The quantitative estimate of drug-likeness (QED) is 0.210. The maximum atomic E-state index is 13.5. The molecular formula is C33H48N2O10. The smallest absolute Gasteiger partial charge is 0.325 e. The molecule has 0 heterocycles. The number of rotatable bonds is 11. The Morgan fingerprint density at radius 2 is 1.71 bits per heavy atom. The van der Waals surface area contributed by atoms with Gasteiger partial charge in [0, 0.05) is 18.3 Å². The summed E-state index contributed by atoms with van der Waals surface area (Å²) in [5.41, 5.74) is -1.89. The van der Waals surface area contributed by atoms with E-state index in [1.807, 2.05) is 6.92 Å². The van der Waals surface area contributed by atoms with Gasteiger partial charge in [-0.15, -0.1) is 0 Å². The standard InChI is InChI=1S/C33H48N2O10/c1-17(2)28(29(41)34-18(3)30(42)43)35-25(39)8-9-26(40)45-16-24(38)33(44)13-11-22-21-7-6-19-14-20(36)10-12-31(19,4)27(21)23(37)15-32(22,33)5/h14,17-18,21-23,27-28,37,44H,6-13,15-16H2,1-5H3,(H,34,41)(H,35,39)(H,42,43)/t18-,21+,22+,23+,27-,28+,31+,32+,33+/m1/s1. The first-order valence-electron chi connectivity index (χ1n) is 16.1. The number of carboxylic acids is 1. The average molecular weight is 633 g/mol. The molecule has 45 heavy (non-hydrogen) atoms. The van der Waals surface area contributed by atoms with Gasteiger partial charge >= 0.3 is 11.9 Å². The molecule has 12 nitrogen and oxygen atoms in total. The topological polar surface area (TPSA) is 196 Å². The van der Waals surface area contributed by atoms with Crippen LogP contribution in [0, 0.1) is 34.5 Å². The lowest BCUT2D eigenvalue weighted by Crippen LogP contribution is -2.62. The van der Waals surface area contributed by atoms with Crippen LogP contribution in [0.1, 0.15) is 92.4 Å². The van der Waals surface area contributed by atoms with Crippen LogP contribution < -0.4 is 10.6 Å². The molecule has 0 aromatic rings. The summed E-state index contributed by atoms with van der Waals surface area (Å²) in [6.45, 7) is 7.99. The average Bonchev–Trinajstić information content (AvgIpc) is 3.23. The summed E-state index contributed by atoms with van der Waals surface area (Å²) in [5, 5.41) is 37.2. The van der Waals surface area contributed by atoms with Gasteiger partial charge in [0.25, 0.3) is 0 Å². The summed E-state index contributed by atoms with van der Waals surface area (Å²) in [4.78, 5) is 74.1. The zero-order chi connectivity index (χ0) is 33.5. The molecule has 0 saturated heterocycles. The van der Waals surface area contributed by atoms with Gasteiger partial charge in [-0.2, -0.15) is 0 Å². The summed E-state index contributed by atoms with van der Waals surface area (Å²) < 4.78 is 5.19. The largest absolute Gasteiger partial charge is 0.480 e. The Morgan fingerprint density at radius 1 is 1.02 bits per heavy atom. The molecule has 3 saturated carbocycles. The van der Waals surface area contributed by atoms with Crippen molar-refractivity contribution in [1.29, 1.82) is 0 Å². The number of Topliss-reactive ketones (excluding diaryl/α,β-unsaturated/α-hetero) is 1. The first-order chi connectivity index (χ1) is 20.9. The molecule has 2 amide bonds. The van der Waals surface area contributed by atoms with Crippen molar-refractivity contribution >= 4 is 35.3 Å². The molecule has 5 N–H and O–H groups in total. The Morgan fingerprint density at radius 3 is 2.36 bits per heavy atom. The summed E-state index contributed by atoms with van der Waals surface area (Å²) in [7, 11) is 0. The summed E-state index contributed by atoms with van der Waals surface area (Å²) in [5.74, 6) is -4.17. The number of fused-ring (bicyclic) bond motifs is 5. The lowest BCUT2D eigenvalue weighted by atomic mass is 9.45. The van der Waals surface area contributed by atoms with Crippen LogP contribution in [0.25, 0.3) is 0 Å². The molecule has 0 spiro atoms. The van der Waals surface area contributed by atoms with E-state index in [0.29, 0.717) is 19.3 Å². The maximum Gasteiger partial charge on any atom is 0.325 e. The first-order valence-corrected chi connectivity index (χ1v) is 16.1. The van der Waals surface area contributed by atoms with Crippen molar-refractivity contribution in [3.63, 3.8) is 0 Å². The van der Waals surface area contributed by atoms with Gasteiger partial charge in [0.05, 0.1) is 12.5 Å². The summed E-state index contributed by atoms with van der Waals surface area (Å²) in [6, 6.07) is -2.16. The molecular weight excluding hydrogens is 584 g/mol. The minimum absolute atomic E-state index is 0.0140. The molecule has 250 valence electrons. The van der Waals surface area contributed by atoms with E-state index in [0.717, 1.165) is 18.4 Å². The number of carboxylic acid groups (broad SMARTS) is 1. The van der Waals surface area contributed by atoms with Gasteiger partial charge in [-0.05, 0) is 80.6 Å². The second-order valence-corrected chi connectivity index (χ2v) is 14.4. The van der Waals surface area contributed by atoms with Crippen molar-refractivity contribution in [3.8, 4) is 0 Å². The molecule has 4 aliphatic rings. The maximum absolute atomic E-state index is 13.5. The van der Waals surface area contributed by atoms with Crippen LogP contribution in [0.2, 0.25) is 0 Å². The Hall–Kier alpha value is -3.12. The molecule has 0 unspecified atom stereocenters. The predicted octanol–water partition coefficient (Wildman–Crippen LogP) is 1.84. The van der Waals surface area contributed by atoms with E-state index in [4.69, 9.17) is 9.84 Å². The molecule has 0 aromatic carbocycles. The second kappa shape index (κ2) is 12.9. The van der Waals surface area contributed by atoms with Crippen molar-refractivity contribution in [2.75, 3.05) is 6.61 Å². The second-order valence-electron chi connectivity index (χ2n) is 14.4. The minimum Gasteiger partial charge on any atom is -0.480 e. The van der Waals surface area contributed by atoms with E-state index in [-0.39, 0.29) is 60.6 Å². The number of carbonyl (C=O) groups is 6. The fraction of sp³-hybridized carbons (Fsp3) is 0.758. The molecule has 4 aliphatic carbocycles. The lowest BCUT2D eigenvalue weighted by Gasteiger charge is -2.60. The third-order valence-corrected chi connectivity index (χ3v) is 11.4. The van der Waals surface area contributed by atoms with Gasteiger partial charge in [0.1, 0.15) is 17.7 Å². The third-order valence-electron chi connectivity index (χ3n) is 11.4. The number of ether oxygens (including phenoxy) is 1. The van der Waals surface area contributed by atoms with Gasteiger partial charge in [0.15, 0.2) is 12.4 Å². The van der Waals surface area contributed by atoms with Crippen molar-refractivity contribution in [2.24, 2.45) is 34.5 Å². The predicted molar refractivity (Wildman–Crippen MR) is 160 cm³/mol. The normalized spacial score (nSPS) is 35.2. The molecule has 0 aliphatic heterocycles. The Bertz CT molecular complexity index is 1280. The van der Waals surface area contributed by atoms with Crippen LogP contribution in [-0.4, -0.2) is 81.0 Å². The monoisotopic (exact) mass is 632 g/mol. The summed E-state index contributed by atoms with van der Waals surface area (Å²) in [6.07, 6.45) is 3.99. The number of aliphatic hydroxyl groups excluding tert-OH is 1. The fourth-order valence-corrected chi connectivity index (χ4v) is 8.85. The number of hydrogen-bond acceptors (Lipinski definition) is 9. The minimum atomic E-state index is -1.79. The summed E-state index contributed by atoms with van der Waals surface area (Å²) >= 11 is 0. The molecule has 4 rings (SSSR count). The third kappa shape index (κ3) is 6.45. The van der Waals surface area contributed by atoms with Gasteiger partial charge in [0.2, 0.25) is 17.6 Å². The van der Waals surface area contributed by atoms with Gasteiger partial charge in [-0.25, -0.2) is 0 Å². The molecule has 3 fully saturated rings. The van der Waals surface area contributed by atoms with Crippen LogP contribution in [0.5, 0.6) is 0 Å². The van der Waals surface area contributed by atoms with E-state index in [9.17, 15) is 39.0 Å². The molecule has 0 bridgehead atoms. The van der Waals surface area contributed by atoms with E-state index in [1.165, 1.54) is 6.92 Å². The highest BCUT2D eigenvalue weighted by Crippen LogP contribution is 2.67. The number of allylic oxidation sites excluding steroid dienone is 1. The number of nitrogens with one attached hydrogen (secondary N) is 2. The van der Waals surface area contributed by atoms with Crippen molar-refractivity contribution in [2.45, 2.75) is 116 Å². The van der Waals surface area contributed by atoms with E-state index >= 15 is 0 Å². The number of hydrogen-bond donors (Lipinski definition) is 5. The number of ketones is 2. The van der Waals surface area contributed by atoms with E-state index in [1.54, 1.807) is 19.9 Å². The first kappa shape index (κ1) is 34.7. The number of esters is 1. The molecule has 0 aromatic heterocycles.